The van der Waals surface area contributed by atoms with Crippen molar-refractivity contribution in [3.05, 3.63) is 46.9 Å². The Morgan fingerprint density at radius 3 is 2.42 bits per heavy atom. The fourth-order valence-electron chi connectivity index (χ4n) is 2.79. The quantitative estimate of drug-likeness (QED) is 0.659. The number of amides is 1. The SMILES string of the molecule is C1CC1.Cc1c(C#N)cnc2c1nc(CNC(=O)c1cnc(C(F)F)cn1)n2C(C)C. The van der Waals surface area contributed by atoms with Gasteiger partial charge in [0.05, 0.1) is 24.5 Å². The van der Waals surface area contributed by atoms with Gasteiger partial charge in [0, 0.05) is 12.2 Å². The number of nitrogens with one attached hydrogen (secondary N) is 1. The Balaban J connectivity index is 0.000000834. The van der Waals surface area contributed by atoms with Crippen molar-refractivity contribution in [3.63, 3.8) is 0 Å². The van der Waals surface area contributed by atoms with E-state index in [2.05, 4.69) is 31.3 Å². The standard InChI is InChI=1S/C18H17F2N7O.C3H6/c1-9(2)27-14(26-15-10(3)11(4-21)5-24-17(15)27)8-25-18(28)13-7-22-12(6-23-13)16(19)20;1-2-3-1/h5-7,9,16H,8H2,1-3H3,(H,25,28);1-3H2. The van der Waals surface area contributed by atoms with Crippen LogP contribution in [0.2, 0.25) is 0 Å². The fraction of sp³-hybridized carbons (Fsp3) is 0.429. The molecule has 0 aliphatic heterocycles. The molecule has 162 valence electrons. The molecule has 1 N–H and O–H groups in total. The first-order valence-electron chi connectivity index (χ1n) is 9.98. The van der Waals surface area contributed by atoms with Gasteiger partial charge >= 0.3 is 0 Å². The third kappa shape index (κ3) is 5.17. The van der Waals surface area contributed by atoms with E-state index in [1.54, 1.807) is 6.92 Å². The summed E-state index contributed by atoms with van der Waals surface area (Å²) in [7, 11) is 0. The molecule has 10 heteroatoms. The van der Waals surface area contributed by atoms with E-state index in [1.807, 2.05) is 18.4 Å². The Labute approximate surface area is 178 Å². The number of fused-ring (bicyclic) bond motifs is 1. The summed E-state index contributed by atoms with van der Waals surface area (Å²) in [5.41, 5.74) is 1.80. The molecule has 0 saturated heterocycles. The zero-order chi connectivity index (χ0) is 22.5. The summed E-state index contributed by atoms with van der Waals surface area (Å²) in [4.78, 5) is 28.4. The van der Waals surface area contributed by atoms with E-state index in [0.29, 0.717) is 28.1 Å². The number of imidazole rings is 1. The first kappa shape index (κ1) is 22.2. The fourth-order valence-corrected chi connectivity index (χ4v) is 2.79. The van der Waals surface area contributed by atoms with Gasteiger partial charge in [-0.2, -0.15) is 5.26 Å². The molecular formula is C21H23F2N7O. The van der Waals surface area contributed by atoms with Crippen LogP contribution in [0.15, 0.2) is 18.6 Å². The number of nitriles is 1. The Morgan fingerprint density at radius 2 is 1.90 bits per heavy atom. The summed E-state index contributed by atoms with van der Waals surface area (Å²) in [6, 6.07) is 2.09. The van der Waals surface area contributed by atoms with E-state index >= 15 is 0 Å². The number of hydrogen-bond donors (Lipinski definition) is 1. The summed E-state index contributed by atoms with van der Waals surface area (Å²) in [5, 5.41) is 11.8. The van der Waals surface area contributed by atoms with Gasteiger partial charge in [0.1, 0.15) is 28.8 Å². The molecule has 1 aliphatic rings. The largest absolute Gasteiger partial charge is 0.343 e. The molecular weight excluding hydrogens is 404 g/mol. The van der Waals surface area contributed by atoms with Crippen molar-refractivity contribution in [2.24, 2.45) is 0 Å². The van der Waals surface area contributed by atoms with Crippen LogP contribution in [0.4, 0.5) is 8.78 Å². The molecule has 1 fully saturated rings. The zero-order valence-electron chi connectivity index (χ0n) is 17.6. The molecule has 0 spiro atoms. The lowest BCUT2D eigenvalue weighted by Crippen LogP contribution is -2.26. The predicted molar refractivity (Wildman–Crippen MR) is 109 cm³/mol. The number of hydrogen-bond acceptors (Lipinski definition) is 6. The molecule has 1 saturated carbocycles. The second-order valence-corrected chi connectivity index (χ2v) is 7.44. The van der Waals surface area contributed by atoms with E-state index < -0.39 is 18.0 Å². The molecule has 3 aromatic rings. The minimum Gasteiger partial charge on any atom is -0.343 e. The first-order chi connectivity index (χ1) is 14.8. The average molecular weight is 427 g/mol. The summed E-state index contributed by atoms with van der Waals surface area (Å²) in [6.45, 7) is 5.78. The van der Waals surface area contributed by atoms with E-state index in [4.69, 9.17) is 0 Å². The van der Waals surface area contributed by atoms with Gasteiger partial charge in [-0.25, -0.2) is 23.7 Å². The maximum Gasteiger partial charge on any atom is 0.281 e. The molecule has 0 atom stereocenters. The first-order valence-corrected chi connectivity index (χ1v) is 9.98. The Hall–Kier alpha value is -3.48. The van der Waals surface area contributed by atoms with Crippen molar-refractivity contribution < 1.29 is 13.6 Å². The van der Waals surface area contributed by atoms with Crippen molar-refractivity contribution in [2.75, 3.05) is 0 Å². The molecule has 3 heterocycles. The minimum atomic E-state index is -2.75. The molecule has 3 aromatic heterocycles. The molecule has 31 heavy (non-hydrogen) atoms. The van der Waals surface area contributed by atoms with Crippen molar-refractivity contribution in [1.82, 2.24) is 29.8 Å². The van der Waals surface area contributed by atoms with Crippen LogP contribution in [-0.2, 0) is 6.54 Å². The Morgan fingerprint density at radius 1 is 1.19 bits per heavy atom. The van der Waals surface area contributed by atoms with Crippen molar-refractivity contribution >= 4 is 17.1 Å². The molecule has 1 amide bonds. The van der Waals surface area contributed by atoms with Crippen molar-refractivity contribution in [1.29, 1.82) is 5.26 Å². The predicted octanol–water partition coefficient (Wildman–Crippen LogP) is 4.02. The molecule has 0 unspecified atom stereocenters. The average Bonchev–Trinajstić information content (AvgIpc) is 3.59. The van der Waals surface area contributed by atoms with Crippen LogP contribution >= 0.6 is 0 Å². The molecule has 8 nitrogen and oxygen atoms in total. The van der Waals surface area contributed by atoms with E-state index in [1.165, 1.54) is 25.5 Å². The summed E-state index contributed by atoms with van der Waals surface area (Å²) in [6.07, 6.45) is 5.14. The van der Waals surface area contributed by atoms with E-state index in [9.17, 15) is 18.8 Å². The van der Waals surface area contributed by atoms with Crippen LogP contribution in [0.3, 0.4) is 0 Å². The normalized spacial score (nSPS) is 12.5. The highest BCUT2D eigenvalue weighted by atomic mass is 19.3. The summed E-state index contributed by atoms with van der Waals surface area (Å²) < 4.78 is 26.9. The van der Waals surface area contributed by atoms with Gasteiger partial charge in [0.15, 0.2) is 5.65 Å². The monoisotopic (exact) mass is 427 g/mol. The van der Waals surface area contributed by atoms with Crippen LogP contribution in [0, 0.1) is 18.3 Å². The topological polar surface area (TPSA) is 109 Å². The second-order valence-electron chi connectivity index (χ2n) is 7.44. The van der Waals surface area contributed by atoms with Gasteiger partial charge < -0.3 is 9.88 Å². The summed E-state index contributed by atoms with van der Waals surface area (Å²) >= 11 is 0. The van der Waals surface area contributed by atoms with Crippen LogP contribution in [0.25, 0.3) is 11.2 Å². The highest BCUT2D eigenvalue weighted by Crippen LogP contribution is 2.24. The number of carbonyl (C=O) groups excluding carboxylic acids is 1. The third-order valence-electron chi connectivity index (χ3n) is 4.56. The maximum atomic E-state index is 12.5. The van der Waals surface area contributed by atoms with Gasteiger partial charge in [-0.15, -0.1) is 0 Å². The van der Waals surface area contributed by atoms with Crippen LogP contribution in [-0.4, -0.2) is 30.4 Å². The molecule has 4 rings (SSSR count). The van der Waals surface area contributed by atoms with Crippen LogP contribution in [0.5, 0.6) is 0 Å². The van der Waals surface area contributed by atoms with Gasteiger partial charge in [0.25, 0.3) is 12.3 Å². The van der Waals surface area contributed by atoms with Crippen molar-refractivity contribution in [2.45, 2.75) is 59.0 Å². The molecule has 1 aliphatic carbocycles. The highest BCUT2D eigenvalue weighted by molar-refractivity contribution is 5.91. The summed E-state index contributed by atoms with van der Waals surface area (Å²) in [5.74, 6) is -0.000673. The number of aromatic nitrogens is 5. The smallest absolute Gasteiger partial charge is 0.281 e. The maximum absolute atomic E-state index is 12.5. The zero-order valence-corrected chi connectivity index (χ0v) is 17.6. The third-order valence-corrected chi connectivity index (χ3v) is 4.56. The van der Waals surface area contributed by atoms with Crippen LogP contribution in [0.1, 0.15) is 78.7 Å². The Kier molecular flexibility index (Phi) is 6.84. The second kappa shape index (κ2) is 9.55. The number of aryl methyl sites for hydroxylation is 1. The molecule has 0 bridgehead atoms. The lowest BCUT2D eigenvalue weighted by atomic mass is 10.1. The number of alkyl halides is 2. The van der Waals surface area contributed by atoms with E-state index in [-0.39, 0.29) is 18.3 Å². The lowest BCUT2D eigenvalue weighted by molar-refractivity contribution is 0.0942. The van der Waals surface area contributed by atoms with Crippen molar-refractivity contribution in [3.8, 4) is 6.07 Å². The number of carbonyl (C=O) groups is 1. The minimum absolute atomic E-state index is 0.0156. The highest BCUT2D eigenvalue weighted by Gasteiger charge is 2.19. The van der Waals surface area contributed by atoms with Gasteiger partial charge in [0.2, 0.25) is 0 Å². The molecule has 0 radical (unpaired) electrons. The lowest BCUT2D eigenvalue weighted by Gasteiger charge is -2.13. The number of nitrogens with zero attached hydrogens (tertiary/aromatic N) is 6. The van der Waals surface area contributed by atoms with Gasteiger partial charge in [-0.1, -0.05) is 19.3 Å². The van der Waals surface area contributed by atoms with Gasteiger partial charge in [-0.3, -0.25) is 9.78 Å². The van der Waals surface area contributed by atoms with E-state index in [0.717, 1.165) is 12.4 Å². The Bertz CT molecular complexity index is 1110. The number of rotatable bonds is 5. The number of halogens is 2. The van der Waals surface area contributed by atoms with Gasteiger partial charge in [-0.05, 0) is 26.3 Å². The number of pyridine rings is 1. The molecule has 0 aromatic carbocycles. The van der Waals surface area contributed by atoms with Crippen LogP contribution < -0.4 is 5.32 Å².